The highest BCUT2D eigenvalue weighted by Crippen LogP contribution is 2.57. The van der Waals surface area contributed by atoms with E-state index in [2.05, 4.69) is 60.7 Å². The molecule has 0 aromatic heterocycles. The molecule has 1 N–H and O–H groups in total. The minimum atomic E-state index is -0.664. The van der Waals surface area contributed by atoms with Crippen LogP contribution in [-0.4, -0.2) is 17.4 Å². The van der Waals surface area contributed by atoms with Crippen LogP contribution in [0.5, 0.6) is 5.75 Å². The summed E-state index contributed by atoms with van der Waals surface area (Å²) in [5.41, 5.74) is 5.21. The number of methoxy groups -OCH3 is 1. The molecule has 3 heteroatoms. The van der Waals surface area contributed by atoms with Gasteiger partial charge in [0.1, 0.15) is 11.3 Å². The molecule has 2 heterocycles. The van der Waals surface area contributed by atoms with Gasteiger partial charge in [0.25, 0.3) is 0 Å². The van der Waals surface area contributed by atoms with E-state index in [9.17, 15) is 5.21 Å². The van der Waals surface area contributed by atoms with Crippen LogP contribution in [0.4, 0.5) is 0 Å². The summed E-state index contributed by atoms with van der Waals surface area (Å²) in [5.74, 6) is 0.816. The van der Waals surface area contributed by atoms with Gasteiger partial charge in [0.2, 0.25) is 0 Å². The molecule has 0 saturated carbocycles. The van der Waals surface area contributed by atoms with Crippen LogP contribution in [0.2, 0.25) is 0 Å². The van der Waals surface area contributed by atoms with Crippen LogP contribution in [0.25, 0.3) is 0 Å². The molecule has 0 saturated heterocycles. The number of rotatable bonds is 2. The Balaban J connectivity index is 1.86. The predicted molar refractivity (Wildman–Crippen MR) is 95.8 cm³/mol. The summed E-state index contributed by atoms with van der Waals surface area (Å²) in [5, 5.41) is 12.9. The number of hydroxylamine groups is 2. The minimum absolute atomic E-state index is 0.0202. The Hall–Kier alpha value is -2.62. The SMILES string of the molecule is COc1ccc(C23c4ccccc4CC(c4ccccc42)N3O)cc1. The lowest BCUT2D eigenvalue weighted by molar-refractivity contribution is -0.175. The minimum Gasteiger partial charge on any atom is -0.497 e. The van der Waals surface area contributed by atoms with Gasteiger partial charge in [-0.3, -0.25) is 0 Å². The molecule has 2 aliphatic rings. The highest BCUT2D eigenvalue weighted by molar-refractivity contribution is 5.61. The van der Waals surface area contributed by atoms with E-state index in [0.29, 0.717) is 0 Å². The normalized spacial score (nSPS) is 23.8. The molecule has 0 spiro atoms. The molecule has 2 aliphatic heterocycles. The van der Waals surface area contributed by atoms with Crippen LogP contribution >= 0.6 is 0 Å². The Kier molecular flexibility index (Phi) is 3.05. The van der Waals surface area contributed by atoms with Crippen LogP contribution < -0.4 is 4.74 Å². The van der Waals surface area contributed by atoms with Crippen LogP contribution in [0.15, 0.2) is 72.8 Å². The van der Waals surface area contributed by atoms with Gasteiger partial charge >= 0.3 is 0 Å². The monoisotopic (exact) mass is 329 g/mol. The molecule has 2 bridgehead atoms. The molecule has 3 nitrogen and oxygen atoms in total. The summed E-state index contributed by atoms with van der Waals surface area (Å²) in [6.07, 6.45) is 0.821. The number of fused-ring (bicyclic) bond motifs is 7. The molecule has 2 atom stereocenters. The van der Waals surface area contributed by atoms with Gasteiger partial charge in [-0.05, 0) is 46.4 Å². The number of hydrogen-bond donors (Lipinski definition) is 1. The van der Waals surface area contributed by atoms with E-state index >= 15 is 0 Å². The second-order valence-electron chi connectivity index (χ2n) is 6.75. The van der Waals surface area contributed by atoms with Gasteiger partial charge < -0.3 is 9.94 Å². The number of benzene rings is 3. The first-order valence-corrected chi connectivity index (χ1v) is 8.57. The van der Waals surface area contributed by atoms with E-state index in [0.717, 1.165) is 28.9 Å². The Labute approximate surface area is 147 Å². The molecule has 3 aromatic carbocycles. The molecule has 3 aromatic rings. The zero-order chi connectivity index (χ0) is 17.0. The second-order valence-corrected chi connectivity index (χ2v) is 6.75. The molecule has 25 heavy (non-hydrogen) atoms. The van der Waals surface area contributed by atoms with Crippen molar-refractivity contribution in [1.82, 2.24) is 5.06 Å². The van der Waals surface area contributed by atoms with E-state index in [1.807, 2.05) is 12.1 Å². The fourth-order valence-electron chi connectivity index (χ4n) is 4.61. The van der Waals surface area contributed by atoms with Gasteiger partial charge in [-0.2, -0.15) is 5.06 Å². The lowest BCUT2D eigenvalue weighted by Crippen LogP contribution is -2.46. The van der Waals surface area contributed by atoms with Crippen molar-refractivity contribution in [2.75, 3.05) is 7.11 Å². The standard InChI is InChI=1S/C22H19NO2/c1-25-17-12-10-16(11-13-17)22-19-8-4-2-6-15(19)14-21(23(22)24)18-7-3-5-9-20(18)22/h2-13,21,24H,14H2,1H3. The van der Waals surface area contributed by atoms with E-state index < -0.39 is 5.54 Å². The first kappa shape index (κ1) is 14.7. The second kappa shape index (κ2) is 5.19. The third-order valence-corrected chi connectivity index (χ3v) is 5.68. The maximum absolute atomic E-state index is 11.3. The van der Waals surface area contributed by atoms with Crippen molar-refractivity contribution in [3.05, 3.63) is 101 Å². The Morgan fingerprint density at radius 2 is 1.60 bits per heavy atom. The van der Waals surface area contributed by atoms with Crippen molar-refractivity contribution in [1.29, 1.82) is 0 Å². The molecule has 0 amide bonds. The lowest BCUT2D eigenvalue weighted by Gasteiger charge is -2.43. The van der Waals surface area contributed by atoms with Crippen LogP contribution in [0, 0.1) is 0 Å². The highest BCUT2D eigenvalue weighted by atomic mass is 16.5. The first-order chi connectivity index (χ1) is 12.3. The van der Waals surface area contributed by atoms with Crippen molar-refractivity contribution in [3.63, 3.8) is 0 Å². The highest BCUT2D eigenvalue weighted by Gasteiger charge is 2.56. The van der Waals surface area contributed by atoms with E-state index in [1.54, 1.807) is 12.2 Å². The third kappa shape index (κ3) is 1.77. The molecule has 0 aliphatic carbocycles. The van der Waals surface area contributed by atoms with Crippen molar-refractivity contribution in [2.24, 2.45) is 0 Å². The van der Waals surface area contributed by atoms with Gasteiger partial charge in [0.15, 0.2) is 0 Å². The molecular weight excluding hydrogens is 310 g/mol. The summed E-state index contributed by atoms with van der Waals surface area (Å²) >= 11 is 0. The summed E-state index contributed by atoms with van der Waals surface area (Å²) in [7, 11) is 1.67. The van der Waals surface area contributed by atoms with Crippen LogP contribution in [0.3, 0.4) is 0 Å². The number of hydrogen-bond acceptors (Lipinski definition) is 3. The first-order valence-electron chi connectivity index (χ1n) is 8.57. The fourth-order valence-corrected chi connectivity index (χ4v) is 4.61. The van der Waals surface area contributed by atoms with E-state index in [4.69, 9.17) is 4.74 Å². The molecular formula is C22H19NO2. The Morgan fingerprint density at radius 1 is 0.920 bits per heavy atom. The Bertz CT molecular complexity index is 937. The van der Waals surface area contributed by atoms with Crippen LogP contribution in [-0.2, 0) is 12.0 Å². The smallest absolute Gasteiger partial charge is 0.122 e. The maximum atomic E-state index is 11.3. The Morgan fingerprint density at radius 3 is 2.36 bits per heavy atom. The predicted octanol–water partition coefficient (Wildman–Crippen LogP) is 4.29. The third-order valence-electron chi connectivity index (χ3n) is 5.68. The summed E-state index contributed by atoms with van der Waals surface area (Å²) in [6.45, 7) is 0. The van der Waals surface area contributed by atoms with E-state index in [1.165, 1.54) is 11.1 Å². The maximum Gasteiger partial charge on any atom is 0.122 e. The van der Waals surface area contributed by atoms with Crippen molar-refractivity contribution >= 4 is 0 Å². The van der Waals surface area contributed by atoms with Gasteiger partial charge in [0, 0.05) is 0 Å². The van der Waals surface area contributed by atoms with Crippen molar-refractivity contribution in [3.8, 4) is 5.75 Å². The fraction of sp³-hybridized carbons (Fsp3) is 0.182. The van der Waals surface area contributed by atoms with E-state index in [-0.39, 0.29) is 6.04 Å². The molecule has 124 valence electrons. The quantitative estimate of drug-likeness (QED) is 0.761. The van der Waals surface area contributed by atoms with Gasteiger partial charge in [-0.15, -0.1) is 0 Å². The van der Waals surface area contributed by atoms with Crippen molar-refractivity contribution < 1.29 is 9.94 Å². The largest absolute Gasteiger partial charge is 0.497 e. The zero-order valence-electron chi connectivity index (χ0n) is 14.0. The zero-order valence-corrected chi connectivity index (χ0v) is 14.0. The molecule has 5 rings (SSSR count). The lowest BCUT2D eigenvalue weighted by atomic mass is 9.75. The summed E-state index contributed by atoms with van der Waals surface area (Å²) < 4.78 is 5.32. The van der Waals surface area contributed by atoms with Gasteiger partial charge in [-0.25, -0.2) is 0 Å². The molecule has 0 fully saturated rings. The topological polar surface area (TPSA) is 32.7 Å². The summed E-state index contributed by atoms with van der Waals surface area (Å²) in [4.78, 5) is 0. The average Bonchev–Trinajstić information content (AvgIpc) is 2.83. The van der Waals surface area contributed by atoms with Gasteiger partial charge in [0.05, 0.1) is 13.2 Å². The molecule has 2 unspecified atom stereocenters. The number of nitrogens with zero attached hydrogens (tertiary/aromatic N) is 1. The van der Waals surface area contributed by atoms with Crippen LogP contribution in [0.1, 0.15) is 33.9 Å². The summed E-state index contributed by atoms with van der Waals surface area (Å²) in [6, 6.07) is 24.9. The average molecular weight is 329 g/mol. The number of ether oxygens (including phenoxy) is 1. The van der Waals surface area contributed by atoms with Gasteiger partial charge in [-0.1, -0.05) is 60.7 Å². The van der Waals surface area contributed by atoms with Crippen molar-refractivity contribution in [2.45, 2.75) is 18.0 Å². The molecule has 0 radical (unpaired) electrons.